The molecule has 0 amide bonds. The van der Waals surface area contributed by atoms with E-state index in [4.69, 9.17) is 14.9 Å². The molecule has 0 radical (unpaired) electrons. The van der Waals surface area contributed by atoms with E-state index in [9.17, 15) is 0 Å². The first-order chi connectivity index (χ1) is 9.74. The Morgan fingerprint density at radius 1 is 1.15 bits per heavy atom. The fourth-order valence-corrected chi connectivity index (χ4v) is 2.56. The Hall–Kier alpha value is -2.42. The third-order valence-corrected chi connectivity index (χ3v) is 3.48. The van der Waals surface area contributed by atoms with E-state index in [2.05, 4.69) is 13.0 Å². The molecule has 0 spiro atoms. The van der Waals surface area contributed by atoms with Crippen LogP contribution >= 0.6 is 0 Å². The molecule has 2 N–H and O–H groups in total. The van der Waals surface area contributed by atoms with Crippen molar-refractivity contribution in [1.82, 2.24) is 0 Å². The predicted octanol–water partition coefficient (Wildman–Crippen LogP) is 4.25. The van der Waals surface area contributed by atoms with Crippen LogP contribution < -0.4 is 10.5 Å². The highest BCUT2D eigenvalue weighted by Gasteiger charge is 2.17. The zero-order chi connectivity index (χ0) is 14.1. The second-order valence-corrected chi connectivity index (χ2v) is 4.71. The average Bonchev–Trinajstić information content (AvgIpc) is 2.85. The lowest BCUT2D eigenvalue weighted by atomic mass is 9.99. The van der Waals surface area contributed by atoms with Crippen molar-refractivity contribution >= 4 is 16.7 Å². The van der Waals surface area contributed by atoms with Crippen LogP contribution in [-0.2, 0) is 6.42 Å². The first-order valence-corrected chi connectivity index (χ1v) is 6.69. The second kappa shape index (κ2) is 4.93. The third kappa shape index (κ3) is 1.92. The van der Waals surface area contributed by atoms with Crippen LogP contribution in [-0.4, -0.2) is 7.11 Å². The normalized spacial score (nSPS) is 10.9. The summed E-state index contributed by atoms with van der Waals surface area (Å²) in [5.74, 6) is 1.76. The third-order valence-electron chi connectivity index (χ3n) is 3.48. The average molecular weight is 267 g/mol. The highest BCUT2D eigenvalue weighted by atomic mass is 16.5. The monoisotopic (exact) mass is 267 g/mol. The molecule has 0 aliphatic heterocycles. The highest BCUT2D eigenvalue weighted by molar-refractivity contribution is 5.97. The van der Waals surface area contributed by atoms with E-state index in [0.717, 1.165) is 40.0 Å². The summed E-state index contributed by atoms with van der Waals surface area (Å²) in [6.45, 7) is 2.08. The van der Waals surface area contributed by atoms with Crippen molar-refractivity contribution in [1.29, 1.82) is 0 Å². The summed E-state index contributed by atoms with van der Waals surface area (Å²) in [6, 6.07) is 13.7. The number of ether oxygens (including phenoxy) is 1. The number of nitrogens with two attached hydrogens (primary N) is 1. The maximum Gasteiger partial charge on any atom is 0.134 e. The smallest absolute Gasteiger partial charge is 0.134 e. The van der Waals surface area contributed by atoms with Crippen molar-refractivity contribution in [3.05, 3.63) is 48.2 Å². The molecule has 3 rings (SSSR count). The Kier molecular flexibility index (Phi) is 3.11. The lowest BCUT2D eigenvalue weighted by molar-refractivity contribution is 0.416. The minimum Gasteiger partial charge on any atom is -0.496 e. The van der Waals surface area contributed by atoms with Gasteiger partial charge in [-0.1, -0.05) is 25.1 Å². The van der Waals surface area contributed by atoms with E-state index in [1.807, 2.05) is 36.4 Å². The Bertz CT molecular complexity index is 759. The number of methoxy groups -OCH3 is 1. The van der Waals surface area contributed by atoms with E-state index >= 15 is 0 Å². The molecular weight excluding hydrogens is 250 g/mol. The minimum absolute atomic E-state index is 0.716. The molecule has 102 valence electrons. The first-order valence-electron chi connectivity index (χ1n) is 6.69. The molecule has 1 aromatic heterocycles. The number of rotatable bonds is 3. The molecule has 0 saturated heterocycles. The van der Waals surface area contributed by atoms with Gasteiger partial charge in [-0.15, -0.1) is 0 Å². The summed E-state index contributed by atoms with van der Waals surface area (Å²) in [4.78, 5) is 0. The maximum absolute atomic E-state index is 5.95. The summed E-state index contributed by atoms with van der Waals surface area (Å²) in [5.41, 5.74) is 9.60. The van der Waals surface area contributed by atoms with Crippen molar-refractivity contribution in [2.24, 2.45) is 0 Å². The van der Waals surface area contributed by atoms with Crippen molar-refractivity contribution in [3.63, 3.8) is 0 Å². The number of aryl methyl sites for hydroxylation is 1. The maximum atomic E-state index is 5.95. The van der Waals surface area contributed by atoms with Crippen LogP contribution in [0, 0.1) is 0 Å². The molecule has 3 nitrogen and oxygen atoms in total. The van der Waals surface area contributed by atoms with Gasteiger partial charge in [-0.25, -0.2) is 0 Å². The standard InChI is InChI=1S/C17H17NO2/c1-3-14-17(12-6-4-5-7-16(12)20-14)13-10-11(18)8-9-15(13)19-2/h4-10H,3,18H2,1-2H3. The van der Waals surface area contributed by atoms with Gasteiger partial charge in [0.1, 0.15) is 17.1 Å². The van der Waals surface area contributed by atoms with Crippen LogP contribution in [0.4, 0.5) is 5.69 Å². The van der Waals surface area contributed by atoms with Gasteiger partial charge in [0.2, 0.25) is 0 Å². The van der Waals surface area contributed by atoms with Crippen molar-refractivity contribution in [2.75, 3.05) is 12.8 Å². The van der Waals surface area contributed by atoms with Gasteiger partial charge >= 0.3 is 0 Å². The van der Waals surface area contributed by atoms with Gasteiger partial charge < -0.3 is 14.9 Å². The van der Waals surface area contributed by atoms with Crippen LogP contribution in [0.5, 0.6) is 5.75 Å². The molecule has 1 heterocycles. The van der Waals surface area contributed by atoms with E-state index in [1.165, 1.54) is 0 Å². The molecule has 0 atom stereocenters. The van der Waals surface area contributed by atoms with Crippen molar-refractivity contribution in [3.8, 4) is 16.9 Å². The Labute approximate surface area is 118 Å². The molecule has 3 heteroatoms. The molecule has 0 unspecified atom stereocenters. The first kappa shape index (κ1) is 12.6. The van der Waals surface area contributed by atoms with Gasteiger partial charge in [0.25, 0.3) is 0 Å². The molecule has 2 aromatic carbocycles. The molecule has 0 fully saturated rings. The number of hydrogen-bond acceptors (Lipinski definition) is 3. The summed E-state index contributed by atoms with van der Waals surface area (Å²) >= 11 is 0. The van der Waals surface area contributed by atoms with Gasteiger partial charge in [-0.2, -0.15) is 0 Å². The topological polar surface area (TPSA) is 48.4 Å². The number of furan rings is 1. The van der Waals surface area contributed by atoms with E-state index in [1.54, 1.807) is 7.11 Å². The van der Waals surface area contributed by atoms with Crippen LogP contribution in [0.15, 0.2) is 46.9 Å². The van der Waals surface area contributed by atoms with Crippen LogP contribution in [0.3, 0.4) is 0 Å². The van der Waals surface area contributed by atoms with E-state index in [0.29, 0.717) is 5.69 Å². The van der Waals surface area contributed by atoms with E-state index < -0.39 is 0 Å². The molecular formula is C17H17NO2. The van der Waals surface area contributed by atoms with Gasteiger partial charge in [0.05, 0.1) is 7.11 Å². The number of fused-ring (bicyclic) bond motifs is 1. The lowest BCUT2D eigenvalue weighted by Crippen LogP contribution is -1.92. The lowest BCUT2D eigenvalue weighted by Gasteiger charge is -2.09. The molecule has 20 heavy (non-hydrogen) atoms. The van der Waals surface area contributed by atoms with Crippen molar-refractivity contribution < 1.29 is 9.15 Å². The van der Waals surface area contributed by atoms with E-state index in [-0.39, 0.29) is 0 Å². The fourth-order valence-electron chi connectivity index (χ4n) is 2.56. The van der Waals surface area contributed by atoms with Gasteiger partial charge in [-0.05, 0) is 24.3 Å². The van der Waals surface area contributed by atoms with Crippen LogP contribution in [0.25, 0.3) is 22.1 Å². The quantitative estimate of drug-likeness (QED) is 0.721. The number of nitrogen functional groups attached to an aromatic ring is 1. The summed E-state index contributed by atoms with van der Waals surface area (Å²) in [6.07, 6.45) is 0.821. The van der Waals surface area contributed by atoms with Crippen LogP contribution in [0.2, 0.25) is 0 Å². The van der Waals surface area contributed by atoms with Crippen LogP contribution in [0.1, 0.15) is 12.7 Å². The largest absolute Gasteiger partial charge is 0.496 e. The minimum atomic E-state index is 0.716. The summed E-state index contributed by atoms with van der Waals surface area (Å²) in [7, 11) is 1.67. The molecule has 3 aromatic rings. The zero-order valence-corrected chi connectivity index (χ0v) is 11.6. The molecule has 0 bridgehead atoms. The molecule has 0 aliphatic rings. The molecule has 0 aliphatic carbocycles. The van der Waals surface area contributed by atoms with Gasteiger partial charge in [0, 0.05) is 28.6 Å². The number of benzene rings is 2. The van der Waals surface area contributed by atoms with Crippen molar-refractivity contribution in [2.45, 2.75) is 13.3 Å². The number of hydrogen-bond donors (Lipinski definition) is 1. The predicted molar refractivity (Wildman–Crippen MR) is 82.0 cm³/mol. The summed E-state index contributed by atoms with van der Waals surface area (Å²) < 4.78 is 11.4. The number of anilines is 1. The Morgan fingerprint density at radius 2 is 1.95 bits per heavy atom. The number of para-hydroxylation sites is 1. The zero-order valence-electron chi connectivity index (χ0n) is 11.6. The Morgan fingerprint density at radius 3 is 2.70 bits per heavy atom. The summed E-state index contributed by atoms with van der Waals surface area (Å²) in [5, 5.41) is 1.09. The molecule has 0 saturated carbocycles. The van der Waals surface area contributed by atoms with Gasteiger partial charge in [-0.3, -0.25) is 0 Å². The SMILES string of the molecule is CCc1oc2ccccc2c1-c1cc(N)ccc1OC. The highest BCUT2D eigenvalue weighted by Crippen LogP contribution is 2.40. The Balaban J connectivity index is 2.36. The fraction of sp³-hybridized carbons (Fsp3) is 0.176. The second-order valence-electron chi connectivity index (χ2n) is 4.71. The van der Waals surface area contributed by atoms with Gasteiger partial charge in [0.15, 0.2) is 0 Å².